The van der Waals surface area contributed by atoms with E-state index < -0.39 is 17.8 Å². The van der Waals surface area contributed by atoms with Crippen molar-refractivity contribution in [2.75, 3.05) is 0 Å². The maximum Gasteiger partial charge on any atom is 0.442 e. The maximum absolute atomic E-state index is 12.2. The molecule has 0 rings (SSSR count). The molecular formula is C10H13F5. The summed E-state index contributed by atoms with van der Waals surface area (Å²) in [6.07, 6.45) is -2.63. The van der Waals surface area contributed by atoms with E-state index in [9.17, 15) is 22.0 Å². The Morgan fingerprint density at radius 1 is 1.07 bits per heavy atom. The van der Waals surface area contributed by atoms with E-state index in [2.05, 4.69) is 6.58 Å². The Morgan fingerprint density at radius 3 is 2.13 bits per heavy atom. The van der Waals surface area contributed by atoms with Gasteiger partial charge in [-0.3, -0.25) is 0 Å². The molecule has 5 heteroatoms. The highest BCUT2D eigenvalue weighted by atomic mass is 19.4. The van der Waals surface area contributed by atoms with Crippen LogP contribution in [0.5, 0.6) is 0 Å². The summed E-state index contributed by atoms with van der Waals surface area (Å²) in [6.45, 7) is 3.05. The van der Waals surface area contributed by atoms with E-state index in [0.717, 1.165) is 0 Å². The molecule has 0 saturated heterocycles. The van der Waals surface area contributed by atoms with Crippen LogP contribution >= 0.6 is 0 Å². The standard InChI is InChI=1S/C10H13F5/c1-8(11)6-4-2-3-5-7-9(12)10(13,14)15/h7H,1-6H2. The number of hydrogen-bond donors (Lipinski definition) is 0. The minimum absolute atomic E-state index is 0.0180. The third-order valence-electron chi connectivity index (χ3n) is 1.75. The highest BCUT2D eigenvalue weighted by Crippen LogP contribution is 2.27. The Morgan fingerprint density at radius 2 is 1.67 bits per heavy atom. The zero-order chi connectivity index (χ0) is 11.9. The summed E-state index contributed by atoms with van der Waals surface area (Å²) in [6, 6.07) is 0. The summed E-state index contributed by atoms with van der Waals surface area (Å²) in [7, 11) is 0. The molecule has 0 unspecified atom stereocenters. The van der Waals surface area contributed by atoms with Gasteiger partial charge in [0.05, 0.1) is 5.83 Å². The van der Waals surface area contributed by atoms with Crippen LogP contribution in [0.25, 0.3) is 0 Å². The second-order valence-electron chi connectivity index (χ2n) is 3.17. The summed E-state index contributed by atoms with van der Waals surface area (Å²) in [5, 5.41) is 0. The molecule has 0 N–H and O–H groups in total. The molecule has 0 aromatic carbocycles. The Labute approximate surface area is 85.5 Å². The third kappa shape index (κ3) is 8.15. The van der Waals surface area contributed by atoms with E-state index in [1.165, 1.54) is 0 Å². The lowest BCUT2D eigenvalue weighted by Crippen LogP contribution is -2.07. The van der Waals surface area contributed by atoms with E-state index in [0.29, 0.717) is 25.3 Å². The van der Waals surface area contributed by atoms with Crippen LogP contribution in [0.3, 0.4) is 0 Å². The fourth-order valence-electron chi connectivity index (χ4n) is 0.982. The van der Waals surface area contributed by atoms with Gasteiger partial charge in [0.15, 0.2) is 5.83 Å². The minimum atomic E-state index is -4.88. The van der Waals surface area contributed by atoms with Crippen LogP contribution in [0, 0.1) is 0 Å². The van der Waals surface area contributed by atoms with Crippen LogP contribution < -0.4 is 0 Å². The van der Waals surface area contributed by atoms with Gasteiger partial charge in [0.1, 0.15) is 0 Å². The van der Waals surface area contributed by atoms with Crippen molar-refractivity contribution in [1.82, 2.24) is 0 Å². The number of halogens is 5. The van der Waals surface area contributed by atoms with Crippen LogP contribution in [-0.4, -0.2) is 6.18 Å². The first-order valence-electron chi connectivity index (χ1n) is 4.60. The molecule has 0 spiro atoms. The summed E-state index contributed by atoms with van der Waals surface area (Å²) >= 11 is 0. The number of allylic oxidation sites excluding steroid dienone is 3. The van der Waals surface area contributed by atoms with Crippen molar-refractivity contribution in [3.63, 3.8) is 0 Å². The van der Waals surface area contributed by atoms with E-state index in [-0.39, 0.29) is 12.8 Å². The minimum Gasteiger partial charge on any atom is -0.212 e. The first-order chi connectivity index (χ1) is 6.84. The molecule has 0 aromatic rings. The second-order valence-corrected chi connectivity index (χ2v) is 3.17. The quantitative estimate of drug-likeness (QED) is 0.451. The third-order valence-corrected chi connectivity index (χ3v) is 1.75. The average molecular weight is 228 g/mol. The Kier molecular flexibility index (Phi) is 6.20. The predicted molar refractivity (Wildman–Crippen MR) is 48.6 cm³/mol. The summed E-state index contributed by atoms with van der Waals surface area (Å²) in [4.78, 5) is 0. The van der Waals surface area contributed by atoms with Gasteiger partial charge in [0.25, 0.3) is 0 Å². The van der Waals surface area contributed by atoms with Gasteiger partial charge in [0, 0.05) is 0 Å². The molecule has 0 aromatic heterocycles. The van der Waals surface area contributed by atoms with Crippen LogP contribution in [0.4, 0.5) is 22.0 Å². The lowest BCUT2D eigenvalue weighted by Gasteiger charge is -2.02. The lowest BCUT2D eigenvalue weighted by atomic mass is 10.1. The van der Waals surface area contributed by atoms with Crippen molar-refractivity contribution < 1.29 is 22.0 Å². The summed E-state index contributed by atoms with van der Waals surface area (Å²) in [5.74, 6) is -2.50. The Balaban J connectivity index is 3.58. The molecule has 88 valence electrons. The van der Waals surface area contributed by atoms with Crippen LogP contribution in [0.2, 0.25) is 0 Å². The molecular weight excluding hydrogens is 215 g/mol. The fourth-order valence-corrected chi connectivity index (χ4v) is 0.982. The van der Waals surface area contributed by atoms with Crippen molar-refractivity contribution in [3.8, 4) is 0 Å². The lowest BCUT2D eigenvalue weighted by molar-refractivity contribution is -0.109. The molecule has 0 saturated carbocycles. The van der Waals surface area contributed by atoms with Gasteiger partial charge in [-0.15, -0.1) is 0 Å². The maximum atomic E-state index is 12.2. The van der Waals surface area contributed by atoms with Crippen molar-refractivity contribution >= 4 is 0 Å². The SMILES string of the molecule is C=C(F)CCCCCC=C(F)C(F)(F)F. The second kappa shape index (κ2) is 6.58. The Hall–Kier alpha value is -0.870. The molecule has 0 amide bonds. The van der Waals surface area contributed by atoms with E-state index in [1.807, 2.05) is 0 Å². The van der Waals surface area contributed by atoms with Gasteiger partial charge in [-0.2, -0.15) is 13.2 Å². The topological polar surface area (TPSA) is 0 Å². The van der Waals surface area contributed by atoms with E-state index in [1.54, 1.807) is 0 Å². The van der Waals surface area contributed by atoms with Gasteiger partial charge < -0.3 is 0 Å². The molecule has 0 fully saturated rings. The van der Waals surface area contributed by atoms with Gasteiger partial charge in [0.2, 0.25) is 0 Å². The van der Waals surface area contributed by atoms with Crippen molar-refractivity contribution in [2.24, 2.45) is 0 Å². The smallest absolute Gasteiger partial charge is 0.212 e. The molecule has 0 nitrogen and oxygen atoms in total. The van der Waals surface area contributed by atoms with E-state index >= 15 is 0 Å². The van der Waals surface area contributed by atoms with E-state index in [4.69, 9.17) is 0 Å². The first-order valence-corrected chi connectivity index (χ1v) is 4.60. The van der Waals surface area contributed by atoms with Gasteiger partial charge in [-0.1, -0.05) is 13.0 Å². The molecule has 0 aliphatic carbocycles. The van der Waals surface area contributed by atoms with Crippen molar-refractivity contribution in [2.45, 2.75) is 38.3 Å². The zero-order valence-electron chi connectivity index (χ0n) is 8.21. The van der Waals surface area contributed by atoms with Crippen LogP contribution in [0.1, 0.15) is 32.1 Å². The predicted octanol–water partition coefficient (Wildman–Crippen LogP) is 4.84. The molecule has 0 radical (unpaired) electrons. The summed E-state index contributed by atoms with van der Waals surface area (Å²) in [5.41, 5.74) is 0. The summed E-state index contributed by atoms with van der Waals surface area (Å²) < 4.78 is 59.2. The number of hydrogen-bond acceptors (Lipinski definition) is 0. The highest BCUT2D eigenvalue weighted by molar-refractivity contribution is 4.98. The molecule has 0 heterocycles. The first kappa shape index (κ1) is 14.1. The van der Waals surface area contributed by atoms with Gasteiger partial charge >= 0.3 is 6.18 Å². The number of unbranched alkanes of at least 4 members (excludes halogenated alkanes) is 3. The zero-order valence-corrected chi connectivity index (χ0v) is 8.21. The van der Waals surface area contributed by atoms with Crippen LogP contribution in [0.15, 0.2) is 24.3 Å². The van der Waals surface area contributed by atoms with Crippen LogP contribution in [-0.2, 0) is 0 Å². The number of alkyl halides is 3. The number of rotatable bonds is 6. The normalized spacial score (nSPS) is 13.0. The largest absolute Gasteiger partial charge is 0.442 e. The average Bonchev–Trinajstić information content (AvgIpc) is 2.08. The molecule has 0 aliphatic rings. The molecule has 15 heavy (non-hydrogen) atoms. The molecule has 0 bridgehead atoms. The Bertz CT molecular complexity index is 226. The molecule has 0 atom stereocenters. The molecule has 0 aliphatic heterocycles. The van der Waals surface area contributed by atoms with Gasteiger partial charge in [-0.05, 0) is 31.8 Å². The van der Waals surface area contributed by atoms with Crippen molar-refractivity contribution in [3.05, 3.63) is 24.3 Å². The monoisotopic (exact) mass is 228 g/mol. The fraction of sp³-hybridized carbons (Fsp3) is 0.600. The van der Waals surface area contributed by atoms with Gasteiger partial charge in [-0.25, -0.2) is 8.78 Å². The highest BCUT2D eigenvalue weighted by Gasteiger charge is 2.33. The van der Waals surface area contributed by atoms with Crippen molar-refractivity contribution in [1.29, 1.82) is 0 Å².